The lowest BCUT2D eigenvalue weighted by atomic mass is 9.98. The van der Waals surface area contributed by atoms with Crippen molar-refractivity contribution >= 4 is 56.5 Å². The van der Waals surface area contributed by atoms with Crippen molar-refractivity contribution in [2.24, 2.45) is 0 Å². The summed E-state index contributed by atoms with van der Waals surface area (Å²) in [6.45, 7) is 26.5. The van der Waals surface area contributed by atoms with Gasteiger partial charge in [0, 0.05) is 0 Å². The highest BCUT2D eigenvalue weighted by atomic mass is 28.3. The molecular weight excluding hydrogens is 541 g/mol. The maximum absolute atomic E-state index is 4.47. The minimum absolute atomic E-state index is 0.705. The monoisotopic (exact) mass is 590 g/mol. The average molecular weight is 591 g/mol. The van der Waals surface area contributed by atoms with Gasteiger partial charge in [0.2, 0.25) is 0 Å². The van der Waals surface area contributed by atoms with Gasteiger partial charge in [-0.2, -0.15) is 0 Å². The Balaban J connectivity index is 1.93. The summed E-state index contributed by atoms with van der Waals surface area (Å²) < 4.78 is 0. The van der Waals surface area contributed by atoms with Crippen LogP contribution < -0.4 is 25.9 Å². The quantitative estimate of drug-likeness (QED) is 0.134. The van der Waals surface area contributed by atoms with Crippen LogP contribution in [0, 0.1) is 6.92 Å². The Hall–Kier alpha value is -2.73. The van der Waals surface area contributed by atoms with Gasteiger partial charge in [0.25, 0.3) is 0 Å². The van der Waals surface area contributed by atoms with Gasteiger partial charge >= 0.3 is 0 Å². The van der Waals surface area contributed by atoms with E-state index in [4.69, 9.17) is 0 Å². The van der Waals surface area contributed by atoms with E-state index in [0.717, 1.165) is 5.57 Å². The van der Waals surface area contributed by atoms with Gasteiger partial charge in [0.05, 0.1) is 16.9 Å². The van der Waals surface area contributed by atoms with Crippen molar-refractivity contribution in [3.63, 3.8) is 0 Å². The Morgan fingerprint density at radius 1 is 0.707 bits per heavy atom. The first-order chi connectivity index (χ1) is 19.5. The second kappa shape index (κ2) is 12.6. The van der Waals surface area contributed by atoms with Crippen molar-refractivity contribution in [2.75, 3.05) is 0 Å². The average Bonchev–Trinajstić information content (AvgIpc) is 2.97. The van der Waals surface area contributed by atoms with Crippen molar-refractivity contribution in [3.8, 4) is 0 Å². The van der Waals surface area contributed by atoms with Gasteiger partial charge in [-0.3, -0.25) is 0 Å². The molecule has 4 rings (SSSR count). The van der Waals surface area contributed by atoms with Crippen molar-refractivity contribution in [1.82, 2.24) is 0 Å². The van der Waals surface area contributed by atoms with Crippen LogP contribution in [0.25, 0.3) is 5.57 Å². The molecule has 0 saturated carbocycles. The molecule has 0 aliphatic rings. The van der Waals surface area contributed by atoms with Crippen LogP contribution in [0.1, 0.15) is 51.3 Å². The van der Waals surface area contributed by atoms with Crippen LogP contribution in [-0.2, 0) is 0 Å². The molecule has 0 heterocycles. The highest BCUT2D eigenvalue weighted by Crippen LogP contribution is 2.35. The predicted octanol–water partition coefficient (Wildman–Crippen LogP) is 7.35. The first-order valence-corrected chi connectivity index (χ1v) is 23.3. The zero-order chi connectivity index (χ0) is 29.9. The maximum Gasteiger partial charge on any atom is 0.145 e. The molecule has 0 radical (unpaired) electrons. The first kappa shape index (κ1) is 31.2. The van der Waals surface area contributed by atoms with E-state index < -0.39 is 24.9 Å². The number of hydrogen-bond donors (Lipinski definition) is 0. The van der Waals surface area contributed by atoms with Gasteiger partial charge in [-0.25, -0.2) is 0 Å². The minimum atomic E-state index is -2.30. The molecule has 0 saturated heterocycles. The largest absolute Gasteiger partial charge is 0.145 e. The standard InChI is InChI=1S/C38H50Si3/c1-11-41(28(2)3,29(4)5)37-19-15-18-36(27-37)40(10,35-23-21-34(22-24-35)39(8)9)38-25-20-33(26-30(38)6)31(7)32-16-13-12-14-17-32/h12-29,39H,7,11H2,1-6,8-10H3. The van der Waals surface area contributed by atoms with Crippen LogP contribution in [0.2, 0.25) is 36.8 Å². The van der Waals surface area contributed by atoms with Crippen LogP contribution in [-0.4, -0.2) is 24.9 Å². The van der Waals surface area contributed by atoms with Crippen LogP contribution in [0.4, 0.5) is 0 Å². The molecule has 0 amide bonds. The lowest BCUT2D eigenvalue weighted by molar-refractivity contribution is 0.896. The zero-order valence-corrected chi connectivity index (χ0v) is 30.0. The second-order valence-electron chi connectivity index (χ2n) is 13.1. The van der Waals surface area contributed by atoms with Crippen molar-refractivity contribution in [2.45, 2.75) is 78.3 Å². The van der Waals surface area contributed by atoms with Crippen LogP contribution in [0.15, 0.2) is 104 Å². The lowest BCUT2D eigenvalue weighted by Gasteiger charge is -2.40. The van der Waals surface area contributed by atoms with Gasteiger partial charge in [0.15, 0.2) is 0 Å². The van der Waals surface area contributed by atoms with E-state index in [1.165, 1.54) is 38.3 Å². The van der Waals surface area contributed by atoms with E-state index >= 15 is 0 Å². The van der Waals surface area contributed by atoms with E-state index in [9.17, 15) is 0 Å². The van der Waals surface area contributed by atoms with Gasteiger partial charge < -0.3 is 0 Å². The van der Waals surface area contributed by atoms with Gasteiger partial charge in [-0.15, -0.1) is 0 Å². The second-order valence-corrected chi connectivity index (χ2v) is 25.7. The van der Waals surface area contributed by atoms with E-state index in [1.807, 2.05) is 0 Å². The maximum atomic E-state index is 4.47. The molecular formula is C38H50Si3. The molecule has 214 valence electrons. The fourth-order valence-corrected chi connectivity index (χ4v) is 18.0. The molecule has 0 fully saturated rings. The molecule has 0 aromatic heterocycles. The third-order valence-corrected chi connectivity index (χ3v) is 23.0. The topological polar surface area (TPSA) is 0 Å². The Morgan fingerprint density at radius 2 is 1.32 bits per heavy atom. The number of hydrogen-bond acceptors (Lipinski definition) is 0. The molecule has 1 unspecified atom stereocenters. The number of benzene rings is 4. The van der Waals surface area contributed by atoms with E-state index in [-0.39, 0.29) is 0 Å². The Bertz CT molecular complexity index is 1470. The van der Waals surface area contributed by atoms with Crippen molar-refractivity contribution in [3.05, 3.63) is 120 Å². The highest BCUT2D eigenvalue weighted by Gasteiger charge is 2.42. The molecule has 4 aromatic rings. The van der Waals surface area contributed by atoms with E-state index in [1.54, 1.807) is 10.4 Å². The summed E-state index contributed by atoms with van der Waals surface area (Å²) >= 11 is 0. The molecule has 0 nitrogen and oxygen atoms in total. The summed E-state index contributed by atoms with van der Waals surface area (Å²) in [5, 5.41) is 7.73. The minimum Gasteiger partial charge on any atom is -0.0906 e. The smallest absolute Gasteiger partial charge is 0.0906 e. The van der Waals surface area contributed by atoms with Crippen molar-refractivity contribution < 1.29 is 0 Å². The first-order valence-electron chi connectivity index (χ1n) is 15.5. The summed E-state index contributed by atoms with van der Waals surface area (Å²) in [6.07, 6.45) is 0. The van der Waals surface area contributed by atoms with E-state index in [2.05, 4.69) is 165 Å². The lowest BCUT2D eigenvalue weighted by Crippen LogP contribution is -2.66. The number of aryl methyl sites for hydroxylation is 1. The van der Waals surface area contributed by atoms with Gasteiger partial charge in [0.1, 0.15) is 8.07 Å². The molecule has 0 aliphatic carbocycles. The highest BCUT2D eigenvalue weighted by molar-refractivity contribution is 7.11. The third-order valence-electron chi connectivity index (χ3n) is 10.0. The number of rotatable bonds is 10. The Morgan fingerprint density at radius 3 is 1.85 bits per heavy atom. The van der Waals surface area contributed by atoms with Crippen molar-refractivity contribution in [1.29, 1.82) is 0 Å². The summed E-state index contributed by atoms with van der Waals surface area (Å²) in [4.78, 5) is 0. The summed E-state index contributed by atoms with van der Waals surface area (Å²) in [5.74, 6) is 0. The summed E-state index contributed by atoms with van der Waals surface area (Å²) in [5.41, 5.74) is 6.26. The molecule has 0 bridgehead atoms. The summed E-state index contributed by atoms with van der Waals surface area (Å²) in [7, 11) is -4.85. The van der Waals surface area contributed by atoms with E-state index in [0.29, 0.717) is 11.1 Å². The van der Waals surface area contributed by atoms with Crippen LogP contribution in [0.5, 0.6) is 0 Å². The molecule has 0 aliphatic heterocycles. The molecule has 41 heavy (non-hydrogen) atoms. The third kappa shape index (κ3) is 5.82. The predicted molar refractivity (Wildman–Crippen MR) is 194 cm³/mol. The summed E-state index contributed by atoms with van der Waals surface area (Å²) in [6, 6.07) is 38.7. The SMILES string of the molecule is C=C(c1ccccc1)c1ccc([Si](C)(c2ccc([SiH](C)C)cc2)c2cccc([Si](CC)(C(C)C)C(C)C)c2)c(C)c1. The van der Waals surface area contributed by atoms with Gasteiger partial charge in [-0.1, -0.05) is 180 Å². The fraction of sp³-hybridized carbons (Fsp3) is 0.316. The molecule has 0 spiro atoms. The molecule has 1 atom stereocenters. The molecule has 3 heteroatoms. The van der Waals surface area contributed by atoms with Crippen LogP contribution >= 0.6 is 0 Å². The normalized spacial score (nSPS) is 13.6. The molecule has 0 N–H and O–H groups in total. The Labute approximate surface area is 254 Å². The Kier molecular flexibility index (Phi) is 9.63. The van der Waals surface area contributed by atoms with Gasteiger partial charge in [-0.05, 0) is 50.3 Å². The van der Waals surface area contributed by atoms with Crippen LogP contribution in [0.3, 0.4) is 0 Å². The molecule has 4 aromatic carbocycles. The fourth-order valence-electron chi connectivity index (χ4n) is 7.37. The zero-order valence-electron chi connectivity index (χ0n) is 26.9.